The van der Waals surface area contributed by atoms with E-state index >= 15 is 0 Å². The van der Waals surface area contributed by atoms with E-state index in [2.05, 4.69) is 5.32 Å². The summed E-state index contributed by atoms with van der Waals surface area (Å²) in [6, 6.07) is 5.96. The fourth-order valence-corrected chi connectivity index (χ4v) is 2.46. The molecule has 0 aliphatic carbocycles. The van der Waals surface area contributed by atoms with Crippen LogP contribution in [0.2, 0.25) is 0 Å². The van der Waals surface area contributed by atoms with Crippen LogP contribution in [0.5, 0.6) is 17.2 Å². The Balaban J connectivity index is 0.00000392. The van der Waals surface area contributed by atoms with Crippen LogP contribution < -0.4 is 25.3 Å². The summed E-state index contributed by atoms with van der Waals surface area (Å²) in [4.78, 5) is 12.5. The van der Waals surface area contributed by atoms with Crippen LogP contribution in [0, 0.1) is 0 Å². The average Bonchev–Trinajstić information content (AvgIpc) is 2.65. The topological polar surface area (TPSA) is 82.8 Å². The summed E-state index contributed by atoms with van der Waals surface area (Å²) >= 11 is 0. The molecule has 2 aromatic rings. The summed E-state index contributed by atoms with van der Waals surface area (Å²) in [6.45, 7) is -0.100. The van der Waals surface area contributed by atoms with Crippen LogP contribution in [0.15, 0.2) is 30.3 Å². The second-order valence-electron chi connectivity index (χ2n) is 5.49. The quantitative estimate of drug-likeness (QED) is 0.741. The number of hydrogen-bond donors (Lipinski definition) is 2. The maximum atomic E-state index is 13.0. The number of alkyl halides is 3. The van der Waals surface area contributed by atoms with Crippen molar-refractivity contribution < 1.29 is 32.2 Å². The summed E-state index contributed by atoms with van der Waals surface area (Å²) in [5.74, 6) is 0.139. The molecule has 154 valence electrons. The summed E-state index contributed by atoms with van der Waals surface area (Å²) in [5, 5.41) is 2.44. The van der Waals surface area contributed by atoms with E-state index in [0.29, 0.717) is 5.75 Å². The lowest BCUT2D eigenvalue weighted by Gasteiger charge is -2.15. The number of anilines is 1. The van der Waals surface area contributed by atoms with E-state index in [1.165, 1.54) is 39.5 Å². The molecule has 0 radical (unpaired) electrons. The van der Waals surface area contributed by atoms with Crippen molar-refractivity contribution in [2.45, 2.75) is 12.7 Å². The Hall–Kier alpha value is -2.65. The van der Waals surface area contributed by atoms with Crippen molar-refractivity contribution in [2.75, 3.05) is 26.6 Å². The number of carbonyl (C=O) groups excluding carboxylic acids is 1. The summed E-state index contributed by atoms with van der Waals surface area (Å²) < 4.78 is 54.6. The lowest BCUT2D eigenvalue weighted by atomic mass is 10.1. The molecule has 0 bridgehead atoms. The average molecular weight is 421 g/mol. The maximum absolute atomic E-state index is 13.0. The molecule has 0 heterocycles. The molecule has 10 heteroatoms. The molecule has 3 N–H and O–H groups in total. The summed E-state index contributed by atoms with van der Waals surface area (Å²) in [5.41, 5.74) is 4.89. The van der Waals surface area contributed by atoms with Gasteiger partial charge in [-0.05, 0) is 35.9 Å². The Morgan fingerprint density at radius 3 is 2.00 bits per heavy atom. The normalized spacial score (nSPS) is 10.7. The molecular formula is C18H20ClF3N2O4. The highest BCUT2D eigenvalue weighted by Gasteiger charge is 2.31. The van der Waals surface area contributed by atoms with E-state index in [1.807, 2.05) is 0 Å². The molecule has 0 spiro atoms. The molecule has 6 nitrogen and oxygen atoms in total. The standard InChI is InChI=1S/C18H19F3N2O4.ClH/c1-25-14-6-11(7-15(26-2)16(14)27-3)17(24)23-13-5-10(9-22)4-12(8-13)18(19,20)21;/h4-8H,9,22H2,1-3H3,(H,23,24);1H. The number of ether oxygens (including phenoxy) is 3. The number of carbonyl (C=O) groups is 1. The first-order valence-electron chi connectivity index (χ1n) is 7.76. The zero-order valence-corrected chi connectivity index (χ0v) is 16.2. The van der Waals surface area contributed by atoms with Crippen LogP contribution in [0.4, 0.5) is 18.9 Å². The number of methoxy groups -OCH3 is 3. The predicted molar refractivity (Wildman–Crippen MR) is 101 cm³/mol. The number of hydrogen-bond acceptors (Lipinski definition) is 5. The molecule has 0 aliphatic heterocycles. The first-order chi connectivity index (χ1) is 12.7. The predicted octanol–water partition coefficient (Wildman–Crippen LogP) is 3.86. The van der Waals surface area contributed by atoms with E-state index < -0.39 is 17.6 Å². The molecule has 0 atom stereocenters. The van der Waals surface area contributed by atoms with Gasteiger partial charge in [0.2, 0.25) is 5.75 Å². The van der Waals surface area contributed by atoms with Gasteiger partial charge in [0.1, 0.15) is 0 Å². The van der Waals surface area contributed by atoms with Crippen molar-refractivity contribution in [3.8, 4) is 17.2 Å². The van der Waals surface area contributed by atoms with E-state index in [9.17, 15) is 18.0 Å². The highest BCUT2D eigenvalue weighted by atomic mass is 35.5. The van der Waals surface area contributed by atoms with Gasteiger partial charge in [-0.1, -0.05) is 0 Å². The van der Waals surface area contributed by atoms with Gasteiger partial charge < -0.3 is 25.3 Å². The lowest BCUT2D eigenvalue weighted by Crippen LogP contribution is -2.15. The monoisotopic (exact) mass is 420 g/mol. The minimum Gasteiger partial charge on any atom is -0.493 e. The molecule has 0 unspecified atom stereocenters. The van der Waals surface area contributed by atoms with Crippen LogP contribution in [-0.4, -0.2) is 27.2 Å². The zero-order valence-electron chi connectivity index (χ0n) is 15.3. The van der Waals surface area contributed by atoms with Crippen molar-refractivity contribution >= 4 is 24.0 Å². The van der Waals surface area contributed by atoms with Gasteiger partial charge >= 0.3 is 6.18 Å². The highest BCUT2D eigenvalue weighted by Crippen LogP contribution is 2.38. The van der Waals surface area contributed by atoms with Crippen LogP contribution in [0.1, 0.15) is 21.5 Å². The first kappa shape index (κ1) is 23.4. The molecule has 0 aliphatic rings. The van der Waals surface area contributed by atoms with Crippen LogP contribution in [-0.2, 0) is 12.7 Å². The van der Waals surface area contributed by atoms with Crippen LogP contribution >= 0.6 is 12.4 Å². The molecule has 0 aromatic heterocycles. The maximum Gasteiger partial charge on any atom is 0.416 e. The second-order valence-corrected chi connectivity index (χ2v) is 5.49. The largest absolute Gasteiger partial charge is 0.493 e. The lowest BCUT2D eigenvalue weighted by molar-refractivity contribution is -0.137. The third-order valence-corrected chi connectivity index (χ3v) is 3.74. The third-order valence-electron chi connectivity index (χ3n) is 3.74. The minimum absolute atomic E-state index is 0. The van der Waals surface area contributed by atoms with Gasteiger partial charge in [-0.2, -0.15) is 13.2 Å². The molecule has 0 saturated carbocycles. The van der Waals surface area contributed by atoms with Gasteiger partial charge in [-0.25, -0.2) is 0 Å². The Bertz CT molecular complexity index is 819. The molecule has 0 saturated heterocycles. The molecule has 1 amide bonds. The molecule has 28 heavy (non-hydrogen) atoms. The third kappa shape index (κ3) is 5.20. The first-order valence-corrected chi connectivity index (χ1v) is 7.76. The summed E-state index contributed by atoms with van der Waals surface area (Å²) in [6.07, 6.45) is -4.56. The molecule has 0 fully saturated rings. The van der Waals surface area contributed by atoms with E-state index in [1.54, 1.807) is 0 Å². The van der Waals surface area contributed by atoms with Gasteiger partial charge in [-0.3, -0.25) is 4.79 Å². The number of nitrogens with one attached hydrogen (secondary N) is 1. The Morgan fingerprint density at radius 1 is 1.00 bits per heavy atom. The smallest absolute Gasteiger partial charge is 0.416 e. The van der Waals surface area contributed by atoms with Gasteiger partial charge in [-0.15, -0.1) is 12.4 Å². The Labute approximate surface area is 166 Å². The van der Waals surface area contributed by atoms with Crippen LogP contribution in [0.3, 0.4) is 0 Å². The minimum atomic E-state index is -4.56. The van der Waals surface area contributed by atoms with Crippen molar-refractivity contribution in [1.29, 1.82) is 0 Å². The second kappa shape index (κ2) is 9.52. The number of rotatable bonds is 6. The van der Waals surface area contributed by atoms with Gasteiger partial charge in [0, 0.05) is 17.8 Å². The van der Waals surface area contributed by atoms with E-state index in [4.69, 9.17) is 19.9 Å². The fraction of sp³-hybridized carbons (Fsp3) is 0.278. The van der Waals surface area contributed by atoms with Crippen molar-refractivity contribution in [1.82, 2.24) is 0 Å². The number of nitrogens with two attached hydrogens (primary N) is 1. The molecule has 2 aromatic carbocycles. The summed E-state index contributed by atoms with van der Waals surface area (Å²) in [7, 11) is 4.19. The molecule has 2 rings (SSSR count). The Kier molecular flexibility index (Phi) is 7.95. The Morgan fingerprint density at radius 2 is 1.57 bits per heavy atom. The number of amides is 1. The van der Waals surface area contributed by atoms with Gasteiger partial charge in [0.05, 0.1) is 26.9 Å². The SMILES string of the molecule is COc1cc(C(=O)Nc2cc(CN)cc(C(F)(F)F)c2)cc(OC)c1OC.Cl. The number of benzene rings is 2. The fourth-order valence-electron chi connectivity index (χ4n) is 2.46. The highest BCUT2D eigenvalue weighted by molar-refractivity contribution is 6.05. The number of halogens is 4. The van der Waals surface area contributed by atoms with E-state index in [-0.39, 0.29) is 47.3 Å². The van der Waals surface area contributed by atoms with Gasteiger partial charge in [0.25, 0.3) is 5.91 Å². The van der Waals surface area contributed by atoms with E-state index in [0.717, 1.165) is 12.1 Å². The van der Waals surface area contributed by atoms with Crippen molar-refractivity contribution in [3.05, 3.63) is 47.0 Å². The van der Waals surface area contributed by atoms with Gasteiger partial charge in [0.15, 0.2) is 11.5 Å². The van der Waals surface area contributed by atoms with Crippen molar-refractivity contribution in [2.24, 2.45) is 5.73 Å². The molecular weight excluding hydrogens is 401 g/mol. The van der Waals surface area contributed by atoms with Crippen LogP contribution in [0.25, 0.3) is 0 Å². The zero-order chi connectivity index (χ0) is 20.2. The van der Waals surface area contributed by atoms with Crippen molar-refractivity contribution in [3.63, 3.8) is 0 Å².